The Morgan fingerprint density at radius 1 is 1.28 bits per heavy atom. The van der Waals surface area contributed by atoms with Gasteiger partial charge < -0.3 is 9.88 Å². The van der Waals surface area contributed by atoms with Crippen molar-refractivity contribution in [1.29, 1.82) is 0 Å². The Morgan fingerprint density at radius 3 is 2.89 bits per heavy atom. The van der Waals surface area contributed by atoms with Crippen molar-refractivity contribution in [2.75, 3.05) is 6.54 Å². The Labute approximate surface area is 109 Å². The normalized spacial score (nSPS) is 10.8. The van der Waals surface area contributed by atoms with E-state index in [4.69, 9.17) is 0 Å². The van der Waals surface area contributed by atoms with E-state index in [1.807, 2.05) is 6.20 Å². The second-order valence-electron chi connectivity index (χ2n) is 4.57. The Bertz CT molecular complexity index is 488. The summed E-state index contributed by atoms with van der Waals surface area (Å²) in [6, 6.07) is 8.50. The molecule has 0 aliphatic carbocycles. The first kappa shape index (κ1) is 12.8. The fourth-order valence-corrected chi connectivity index (χ4v) is 2.00. The second-order valence-corrected chi connectivity index (χ2v) is 4.57. The van der Waals surface area contributed by atoms with E-state index in [9.17, 15) is 0 Å². The first-order valence-corrected chi connectivity index (χ1v) is 6.56. The molecule has 1 N–H and O–H groups in total. The number of hydrogen-bond acceptors (Lipinski definition) is 2. The van der Waals surface area contributed by atoms with E-state index in [1.54, 1.807) is 0 Å². The van der Waals surface area contributed by atoms with Crippen LogP contribution in [0.4, 0.5) is 0 Å². The lowest BCUT2D eigenvalue weighted by molar-refractivity contribution is 0.615. The fourth-order valence-electron chi connectivity index (χ4n) is 2.00. The monoisotopic (exact) mass is 243 g/mol. The molecule has 18 heavy (non-hydrogen) atoms. The highest BCUT2D eigenvalue weighted by molar-refractivity contribution is 5.26. The summed E-state index contributed by atoms with van der Waals surface area (Å²) in [6.45, 7) is 7.10. The molecule has 0 amide bonds. The number of rotatable bonds is 6. The average Bonchev–Trinajstić information content (AvgIpc) is 2.80. The van der Waals surface area contributed by atoms with Crippen molar-refractivity contribution in [1.82, 2.24) is 14.9 Å². The topological polar surface area (TPSA) is 29.9 Å². The van der Waals surface area contributed by atoms with Gasteiger partial charge in [0, 0.05) is 18.9 Å². The van der Waals surface area contributed by atoms with Crippen molar-refractivity contribution in [2.24, 2.45) is 0 Å². The van der Waals surface area contributed by atoms with Crippen LogP contribution >= 0.6 is 0 Å². The summed E-state index contributed by atoms with van der Waals surface area (Å²) in [7, 11) is 0. The predicted molar refractivity (Wildman–Crippen MR) is 74.5 cm³/mol. The van der Waals surface area contributed by atoms with Crippen LogP contribution in [-0.2, 0) is 13.1 Å². The third-order valence-corrected chi connectivity index (χ3v) is 3.11. The van der Waals surface area contributed by atoms with Gasteiger partial charge in [-0.3, -0.25) is 0 Å². The zero-order chi connectivity index (χ0) is 12.8. The van der Waals surface area contributed by atoms with Gasteiger partial charge in [-0.25, -0.2) is 4.98 Å². The first-order valence-electron chi connectivity index (χ1n) is 6.56. The Hall–Kier alpha value is -1.61. The van der Waals surface area contributed by atoms with E-state index in [2.05, 4.69) is 59.2 Å². The van der Waals surface area contributed by atoms with Crippen molar-refractivity contribution in [3.63, 3.8) is 0 Å². The van der Waals surface area contributed by atoms with Crippen LogP contribution in [0.3, 0.4) is 0 Å². The van der Waals surface area contributed by atoms with Crippen molar-refractivity contribution in [3.8, 4) is 0 Å². The summed E-state index contributed by atoms with van der Waals surface area (Å²) in [6.07, 6.45) is 5.08. The number of nitrogens with zero attached hydrogens (tertiary/aromatic N) is 2. The quantitative estimate of drug-likeness (QED) is 0.791. The van der Waals surface area contributed by atoms with E-state index in [1.165, 1.54) is 11.1 Å². The van der Waals surface area contributed by atoms with Gasteiger partial charge in [-0.15, -0.1) is 0 Å². The van der Waals surface area contributed by atoms with E-state index < -0.39 is 0 Å². The maximum absolute atomic E-state index is 4.41. The van der Waals surface area contributed by atoms with Crippen LogP contribution in [-0.4, -0.2) is 16.1 Å². The number of hydrogen-bond donors (Lipinski definition) is 1. The van der Waals surface area contributed by atoms with Crippen LogP contribution in [0.15, 0.2) is 36.7 Å². The number of imidazole rings is 1. The summed E-state index contributed by atoms with van der Waals surface area (Å²) in [5.41, 5.74) is 2.69. The number of aryl methyl sites for hydroxylation is 1. The van der Waals surface area contributed by atoms with Crippen LogP contribution in [0.1, 0.15) is 30.3 Å². The molecule has 0 bridgehead atoms. The summed E-state index contributed by atoms with van der Waals surface area (Å²) in [5, 5.41) is 3.39. The van der Waals surface area contributed by atoms with Crippen molar-refractivity contribution < 1.29 is 0 Å². The third-order valence-electron chi connectivity index (χ3n) is 3.11. The van der Waals surface area contributed by atoms with Crippen LogP contribution in [0.5, 0.6) is 0 Å². The van der Waals surface area contributed by atoms with Crippen molar-refractivity contribution in [3.05, 3.63) is 53.6 Å². The number of benzene rings is 1. The molecule has 0 saturated carbocycles. The molecule has 0 radical (unpaired) electrons. The van der Waals surface area contributed by atoms with Gasteiger partial charge >= 0.3 is 0 Å². The fraction of sp³-hybridized carbons (Fsp3) is 0.400. The van der Waals surface area contributed by atoms with Crippen LogP contribution in [0.2, 0.25) is 0 Å². The summed E-state index contributed by atoms with van der Waals surface area (Å²) >= 11 is 0. The highest BCUT2D eigenvalue weighted by atomic mass is 15.1. The lowest BCUT2D eigenvalue weighted by Crippen LogP contribution is -2.18. The van der Waals surface area contributed by atoms with Gasteiger partial charge in [0.2, 0.25) is 0 Å². The van der Waals surface area contributed by atoms with E-state index >= 15 is 0 Å². The smallest absolute Gasteiger partial charge is 0.122 e. The van der Waals surface area contributed by atoms with Gasteiger partial charge in [-0.05, 0) is 31.0 Å². The zero-order valence-corrected chi connectivity index (χ0v) is 11.2. The summed E-state index contributed by atoms with van der Waals surface area (Å²) in [5.74, 6) is 1.10. The predicted octanol–water partition coefficient (Wildman–Crippen LogP) is 2.74. The molecule has 0 aliphatic heterocycles. The molecule has 0 fully saturated rings. The molecule has 0 saturated heterocycles. The molecule has 0 spiro atoms. The van der Waals surface area contributed by atoms with Crippen molar-refractivity contribution >= 4 is 0 Å². The molecule has 3 nitrogen and oxygen atoms in total. The van der Waals surface area contributed by atoms with Crippen LogP contribution < -0.4 is 5.32 Å². The standard InChI is InChI=1S/C15H21N3/c1-3-8-16-11-15-17-9-10-18(15)12-14-7-5-4-6-13(14)2/h4-7,9-10,16H,3,8,11-12H2,1-2H3. The zero-order valence-electron chi connectivity index (χ0n) is 11.2. The SMILES string of the molecule is CCCNCc1nccn1Cc1ccccc1C. The molecule has 0 unspecified atom stereocenters. The van der Waals surface area contributed by atoms with Gasteiger partial charge in [-0.1, -0.05) is 31.2 Å². The average molecular weight is 243 g/mol. The van der Waals surface area contributed by atoms with Gasteiger partial charge in [-0.2, -0.15) is 0 Å². The Balaban J connectivity index is 2.05. The Morgan fingerprint density at radius 2 is 2.11 bits per heavy atom. The lowest BCUT2D eigenvalue weighted by Gasteiger charge is -2.10. The first-order chi connectivity index (χ1) is 8.81. The molecule has 2 rings (SSSR count). The minimum absolute atomic E-state index is 0.840. The van der Waals surface area contributed by atoms with Gasteiger partial charge in [0.25, 0.3) is 0 Å². The number of nitrogens with one attached hydrogen (secondary N) is 1. The van der Waals surface area contributed by atoms with E-state index in [0.29, 0.717) is 0 Å². The molecular formula is C15H21N3. The summed E-state index contributed by atoms with van der Waals surface area (Å²) < 4.78 is 2.21. The largest absolute Gasteiger partial charge is 0.329 e. The third kappa shape index (κ3) is 3.20. The summed E-state index contributed by atoms with van der Waals surface area (Å²) in [4.78, 5) is 4.41. The Kier molecular flexibility index (Phi) is 4.53. The number of aromatic nitrogens is 2. The molecule has 0 aliphatic rings. The molecule has 96 valence electrons. The van der Waals surface area contributed by atoms with Crippen LogP contribution in [0, 0.1) is 6.92 Å². The minimum Gasteiger partial charge on any atom is -0.329 e. The highest BCUT2D eigenvalue weighted by Gasteiger charge is 2.04. The van der Waals surface area contributed by atoms with E-state index in [-0.39, 0.29) is 0 Å². The minimum atomic E-state index is 0.840. The highest BCUT2D eigenvalue weighted by Crippen LogP contribution is 2.10. The van der Waals surface area contributed by atoms with Crippen LogP contribution in [0.25, 0.3) is 0 Å². The van der Waals surface area contributed by atoms with Crippen molar-refractivity contribution in [2.45, 2.75) is 33.4 Å². The van der Waals surface area contributed by atoms with Gasteiger partial charge in [0.15, 0.2) is 0 Å². The molecule has 1 aromatic carbocycles. The molecule has 1 aromatic heterocycles. The van der Waals surface area contributed by atoms with E-state index in [0.717, 1.165) is 31.9 Å². The maximum Gasteiger partial charge on any atom is 0.122 e. The molecule has 0 atom stereocenters. The van der Waals surface area contributed by atoms with Gasteiger partial charge in [0.05, 0.1) is 6.54 Å². The van der Waals surface area contributed by atoms with Gasteiger partial charge in [0.1, 0.15) is 5.82 Å². The lowest BCUT2D eigenvalue weighted by atomic mass is 10.1. The maximum atomic E-state index is 4.41. The molecular weight excluding hydrogens is 222 g/mol. The molecule has 3 heteroatoms. The molecule has 2 aromatic rings. The molecule has 1 heterocycles. The second kappa shape index (κ2) is 6.36.